The Morgan fingerprint density at radius 2 is 1.15 bits per heavy atom. The Morgan fingerprint density at radius 1 is 0.700 bits per heavy atom. The van der Waals surface area contributed by atoms with Gasteiger partial charge in [0.1, 0.15) is 0 Å². The lowest BCUT2D eigenvalue weighted by Crippen LogP contribution is -2.67. The van der Waals surface area contributed by atoms with Gasteiger partial charge in [-0.15, -0.1) is 0 Å². The average Bonchev–Trinajstić information content (AvgIpc) is 2.91. The van der Waals surface area contributed by atoms with Crippen molar-refractivity contribution in [2.75, 3.05) is 21.1 Å². The number of Topliss-reactive ketones (excluding diaryl/α,β-unsaturated/α-hetero) is 5. The van der Waals surface area contributed by atoms with Gasteiger partial charge in [-0.1, -0.05) is 40.5 Å². The molecule has 7 N–H and O–H groups in total. The monoisotopic (exact) mass is 573 g/mol. The fraction of sp³-hybridized carbons (Fsp3) is 0.778. The molecule has 0 aliphatic rings. The third-order valence-electron chi connectivity index (χ3n) is 7.89. The lowest BCUT2D eigenvalue weighted by atomic mass is 9.71. The Morgan fingerprint density at radius 3 is 1.52 bits per heavy atom. The maximum atomic E-state index is 13.8. The summed E-state index contributed by atoms with van der Waals surface area (Å²) in [5, 5.41) is 51.3. The second kappa shape index (κ2) is 15.0. The highest BCUT2D eigenvalue weighted by Gasteiger charge is 2.61. The van der Waals surface area contributed by atoms with Gasteiger partial charge in [-0.3, -0.25) is 24.0 Å². The molecule has 230 valence electrons. The summed E-state index contributed by atoms with van der Waals surface area (Å²) in [5.74, 6) is -9.86. The molecular weight excluding hydrogens is 526 g/mol. The standard InChI is InChI=1S/C27H47N3O10/c1-10-14(3)19(29-8)17(31)12-27(40,24(36)37)23(35)26(39,22(34)20(30-9)15(4)11-2)13-18(32)25(6,38)21(33)16(5)28-7/h14-16,19-20,28-30,38-40H,10-13H2,1-9H3,(H,36,37)/t14?,15?,16-,19+,20+,25?,26?,27?/m0/s1. The number of nitrogens with one attached hydrogen (secondary N) is 3. The second-order valence-electron chi connectivity index (χ2n) is 10.7. The fourth-order valence-electron chi connectivity index (χ4n) is 4.50. The van der Waals surface area contributed by atoms with E-state index in [0.717, 1.165) is 6.92 Å². The number of carboxylic acids is 1. The van der Waals surface area contributed by atoms with Crippen molar-refractivity contribution in [1.82, 2.24) is 16.0 Å². The van der Waals surface area contributed by atoms with Gasteiger partial charge in [-0.2, -0.15) is 0 Å². The first kappa shape index (κ1) is 37.6. The highest BCUT2D eigenvalue weighted by molar-refractivity contribution is 6.25. The highest BCUT2D eigenvalue weighted by Crippen LogP contribution is 2.31. The Kier molecular flexibility index (Phi) is 14.1. The predicted octanol–water partition coefficient (Wildman–Crippen LogP) is -1.21. The first-order valence-electron chi connectivity index (χ1n) is 13.4. The van der Waals surface area contributed by atoms with E-state index in [9.17, 15) is 49.2 Å². The van der Waals surface area contributed by atoms with E-state index in [4.69, 9.17) is 0 Å². The van der Waals surface area contributed by atoms with Crippen LogP contribution in [0.15, 0.2) is 0 Å². The van der Waals surface area contributed by atoms with Crippen LogP contribution >= 0.6 is 0 Å². The van der Waals surface area contributed by atoms with E-state index in [0.29, 0.717) is 12.8 Å². The molecular formula is C27H47N3O10. The van der Waals surface area contributed by atoms with Crippen molar-refractivity contribution in [3.63, 3.8) is 0 Å². The van der Waals surface area contributed by atoms with E-state index < -0.39 is 88.6 Å². The van der Waals surface area contributed by atoms with Crippen LogP contribution in [0, 0.1) is 11.8 Å². The minimum absolute atomic E-state index is 0.331. The minimum Gasteiger partial charge on any atom is -0.479 e. The molecule has 0 fully saturated rings. The third kappa shape index (κ3) is 7.86. The van der Waals surface area contributed by atoms with Gasteiger partial charge in [-0.25, -0.2) is 4.79 Å². The normalized spacial score (nSPS) is 20.0. The van der Waals surface area contributed by atoms with Crippen LogP contribution < -0.4 is 16.0 Å². The van der Waals surface area contributed by atoms with Crippen molar-refractivity contribution in [1.29, 1.82) is 0 Å². The van der Waals surface area contributed by atoms with Crippen LogP contribution in [0.2, 0.25) is 0 Å². The highest BCUT2D eigenvalue weighted by atomic mass is 16.4. The zero-order valence-electron chi connectivity index (χ0n) is 25.0. The van der Waals surface area contributed by atoms with Crippen molar-refractivity contribution in [3.8, 4) is 0 Å². The Labute approximate surface area is 235 Å². The van der Waals surface area contributed by atoms with Gasteiger partial charge in [0.25, 0.3) is 0 Å². The molecule has 8 atom stereocenters. The fourth-order valence-corrected chi connectivity index (χ4v) is 4.50. The summed E-state index contributed by atoms with van der Waals surface area (Å²) in [4.78, 5) is 78.7. The number of rotatable bonds is 20. The number of hydrogen-bond donors (Lipinski definition) is 7. The molecule has 0 saturated heterocycles. The molecule has 0 rings (SSSR count). The van der Waals surface area contributed by atoms with Gasteiger partial charge in [0.15, 0.2) is 34.3 Å². The molecule has 13 nitrogen and oxygen atoms in total. The average molecular weight is 574 g/mol. The van der Waals surface area contributed by atoms with Crippen LogP contribution in [0.4, 0.5) is 0 Å². The van der Waals surface area contributed by atoms with E-state index in [1.807, 2.05) is 0 Å². The minimum atomic E-state index is -3.62. The Bertz CT molecular complexity index is 968. The summed E-state index contributed by atoms with van der Waals surface area (Å²) >= 11 is 0. The van der Waals surface area contributed by atoms with Crippen LogP contribution in [0.3, 0.4) is 0 Å². The number of hydrogen-bond acceptors (Lipinski definition) is 12. The molecule has 40 heavy (non-hydrogen) atoms. The summed E-state index contributed by atoms with van der Waals surface area (Å²) in [6.45, 7) is 8.92. The molecule has 13 heteroatoms. The van der Waals surface area contributed by atoms with Crippen molar-refractivity contribution < 1.29 is 49.2 Å². The van der Waals surface area contributed by atoms with Crippen LogP contribution in [0.25, 0.3) is 0 Å². The van der Waals surface area contributed by atoms with Crippen LogP contribution in [-0.4, -0.2) is 111 Å². The van der Waals surface area contributed by atoms with Gasteiger partial charge < -0.3 is 36.4 Å². The van der Waals surface area contributed by atoms with Crippen LogP contribution in [-0.2, 0) is 28.8 Å². The topological polar surface area (TPSA) is 219 Å². The van der Waals surface area contributed by atoms with Crippen molar-refractivity contribution in [2.24, 2.45) is 11.8 Å². The molecule has 0 aromatic rings. The second-order valence-corrected chi connectivity index (χ2v) is 10.7. The molecule has 0 saturated carbocycles. The predicted molar refractivity (Wildman–Crippen MR) is 146 cm³/mol. The number of aliphatic carboxylic acids is 1. The summed E-state index contributed by atoms with van der Waals surface area (Å²) in [7, 11) is 4.16. The van der Waals surface area contributed by atoms with E-state index in [1.54, 1.807) is 27.7 Å². The molecule has 0 aromatic carbocycles. The molecule has 5 unspecified atom stereocenters. The molecule has 0 spiro atoms. The lowest BCUT2D eigenvalue weighted by Gasteiger charge is -2.37. The summed E-state index contributed by atoms with van der Waals surface area (Å²) in [6.07, 6.45) is -2.01. The van der Waals surface area contributed by atoms with Gasteiger partial charge in [0.05, 0.1) is 31.0 Å². The Hall–Kier alpha value is -2.42. The van der Waals surface area contributed by atoms with Crippen LogP contribution in [0.1, 0.15) is 67.2 Å². The van der Waals surface area contributed by atoms with Crippen molar-refractivity contribution in [3.05, 3.63) is 0 Å². The number of likely N-dealkylation sites (N-methyl/N-ethyl adjacent to an activating group) is 3. The summed E-state index contributed by atoms with van der Waals surface area (Å²) < 4.78 is 0. The molecule has 0 amide bonds. The molecule has 0 aliphatic heterocycles. The first-order valence-corrected chi connectivity index (χ1v) is 13.4. The SMILES string of the molecule is CCC(C)[C@@H](NC)C(=O)CC(O)(C(=O)O)C(=O)C(O)(CC(=O)C(C)(O)C(=O)[C@H](C)NC)C(=O)[C@H](NC)C(C)CC. The number of carbonyl (C=O) groups excluding carboxylic acids is 5. The number of carboxylic acid groups (broad SMARTS) is 1. The smallest absolute Gasteiger partial charge is 0.344 e. The molecule has 0 aromatic heterocycles. The first-order chi connectivity index (χ1) is 18.3. The lowest BCUT2D eigenvalue weighted by molar-refractivity contribution is -0.181. The largest absolute Gasteiger partial charge is 0.479 e. The summed E-state index contributed by atoms with van der Waals surface area (Å²) in [6, 6.07) is -3.32. The third-order valence-corrected chi connectivity index (χ3v) is 7.89. The van der Waals surface area contributed by atoms with E-state index in [2.05, 4.69) is 16.0 Å². The number of carbonyl (C=O) groups is 6. The maximum Gasteiger partial charge on any atom is 0.344 e. The van der Waals surface area contributed by atoms with E-state index in [1.165, 1.54) is 28.1 Å². The number of ketones is 5. The van der Waals surface area contributed by atoms with Crippen LogP contribution in [0.5, 0.6) is 0 Å². The van der Waals surface area contributed by atoms with Gasteiger partial charge in [0, 0.05) is 0 Å². The summed E-state index contributed by atoms with van der Waals surface area (Å²) in [5.41, 5.74) is -9.94. The Balaban J connectivity index is 7.02. The molecule has 0 aliphatic carbocycles. The van der Waals surface area contributed by atoms with Gasteiger partial charge in [-0.05, 0) is 46.8 Å². The van der Waals surface area contributed by atoms with Gasteiger partial charge >= 0.3 is 5.97 Å². The molecule has 0 bridgehead atoms. The zero-order chi connectivity index (χ0) is 31.8. The number of aliphatic hydroxyl groups is 3. The molecule has 0 heterocycles. The van der Waals surface area contributed by atoms with E-state index >= 15 is 0 Å². The van der Waals surface area contributed by atoms with E-state index in [-0.39, 0.29) is 5.92 Å². The van der Waals surface area contributed by atoms with Crippen molar-refractivity contribution >= 4 is 34.9 Å². The quantitative estimate of drug-likeness (QED) is 0.0851. The zero-order valence-corrected chi connectivity index (χ0v) is 25.0. The van der Waals surface area contributed by atoms with Crippen molar-refractivity contribution in [2.45, 2.75) is 102 Å². The molecule has 0 radical (unpaired) electrons. The maximum absolute atomic E-state index is 13.8. The van der Waals surface area contributed by atoms with Gasteiger partial charge in [0.2, 0.25) is 11.4 Å².